The fraction of sp³-hybridized carbons (Fsp3) is 0.591. The summed E-state index contributed by atoms with van der Waals surface area (Å²) < 4.78 is 27.8. The van der Waals surface area contributed by atoms with Gasteiger partial charge in [-0.05, 0) is 94.6 Å². The number of benzene rings is 1. The molecule has 1 aromatic carbocycles. The van der Waals surface area contributed by atoms with E-state index < -0.39 is 10.0 Å². The highest BCUT2D eigenvalue weighted by molar-refractivity contribution is 7.89. The third-order valence-electron chi connectivity index (χ3n) is 7.37. The average molecular weight is 385 g/mol. The second-order valence-corrected chi connectivity index (χ2v) is 11.2. The van der Waals surface area contributed by atoms with Crippen LogP contribution in [0.4, 0.5) is 0 Å². The Morgan fingerprint density at radius 3 is 1.96 bits per heavy atom. The standard InChI is InChI=1S/C22H28N2O2S/c1-14-4-6-20(7-5-14)27(25,26)24-16(3)21(15(2)23-24)22-11-17-8-18(12-22)10-19(9-17)13-22/h4-7,17-19H,8-13H2,1-3H3. The van der Waals surface area contributed by atoms with Gasteiger partial charge >= 0.3 is 0 Å². The normalized spacial score (nSPS) is 32.2. The van der Waals surface area contributed by atoms with Gasteiger partial charge in [0.1, 0.15) is 0 Å². The average Bonchev–Trinajstić information content (AvgIpc) is 2.90. The summed E-state index contributed by atoms with van der Waals surface area (Å²) in [5.74, 6) is 2.48. The van der Waals surface area contributed by atoms with Gasteiger partial charge in [-0.25, -0.2) is 0 Å². The van der Waals surface area contributed by atoms with Gasteiger partial charge in [0.15, 0.2) is 0 Å². The van der Waals surface area contributed by atoms with Crippen LogP contribution >= 0.6 is 0 Å². The van der Waals surface area contributed by atoms with Gasteiger partial charge in [-0.2, -0.15) is 17.6 Å². The van der Waals surface area contributed by atoms with Crippen molar-refractivity contribution in [2.24, 2.45) is 17.8 Å². The van der Waals surface area contributed by atoms with Gasteiger partial charge in [0.05, 0.1) is 16.3 Å². The minimum absolute atomic E-state index is 0.157. The van der Waals surface area contributed by atoms with Gasteiger partial charge in [0.2, 0.25) is 0 Å². The topological polar surface area (TPSA) is 52.0 Å². The Kier molecular flexibility index (Phi) is 3.69. The van der Waals surface area contributed by atoms with E-state index in [4.69, 9.17) is 0 Å². The van der Waals surface area contributed by atoms with E-state index in [-0.39, 0.29) is 5.41 Å². The van der Waals surface area contributed by atoms with Crippen LogP contribution < -0.4 is 0 Å². The molecule has 4 aliphatic carbocycles. The van der Waals surface area contributed by atoms with Crippen molar-refractivity contribution in [1.82, 2.24) is 9.19 Å². The van der Waals surface area contributed by atoms with E-state index in [1.165, 1.54) is 48.2 Å². The first-order valence-corrected chi connectivity index (χ1v) is 11.6. The molecule has 0 N–H and O–H groups in total. The van der Waals surface area contributed by atoms with Crippen molar-refractivity contribution in [1.29, 1.82) is 0 Å². The monoisotopic (exact) mass is 384 g/mol. The van der Waals surface area contributed by atoms with Crippen LogP contribution in [0.5, 0.6) is 0 Å². The third kappa shape index (κ3) is 2.54. The number of aryl methyl sites for hydroxylation is 2. The Hall–Kier alpha value is -1.62. The molecule has 2 aromatic rings. The van der Waals surface area contributed by atoms with Crippen LogP contribution in [-0.2, 0) is 15.4 Å². The summed E-state index contributed by atoms with van der Waals surface area (Å²) in [5, 5.41) is 4.57. The van der Waals surface area contributed by atoms with Crippen molar-refractivity contribution < 1.29 is 8.42 Å². The predicted molar refractivity (Wildman–Crippen MR) is 105 cm³/mol. The van der Waals surface area contributed by atoms with Gasteiger partial charge in [-0.15, -0.1) is 0 Å². The maximum Gasteiger partial charge on any atom is 0.283 e. The molecule has 27 heavy (non-hydrogen) atoms. The fourth-order valence-electron chi connectivity index (χ4n) is 6.85. The summed E-state index contributed by atoms with van der Waals surface area (Å²) >= 11 is 0. The molecule has 4 bridgehead atoms. The van der Waals surface area contributed by atoms with Gasteiger partial charge in [0.25, 0.3) is 10.0 Å². The minimum Gasteiger partial charge on any atom is -0.199 e. The zero-order valence-corrected chi connectivity index (χ0v) is 17.2. The van der Waals surface area contributed by atoms with Gasteiger partial charge in [-0.1, -0.05) is 17.7 Å². The second kappa shape index (κ2) is 5.69. The zero-order valence-electron chi connectivity index (χ0n) is 16.4. The molecule has 0 saturated heterocycles. The summed E-state index contributed by atoms with van der Waals surface area (Å²) in [6.07, 6.45) is 7.80. The lowest BCUT2D eigenvalue weighted by Gasteiger charge is -2.57. The van der Waals surface area contributed by atoms with E-state index >= 15 is 0 Å². The molecule has 1 aromatic heterocycles. The van der Waals surface area contributed by atoms with E-state index in [1.807, 2.05) is 32.9 Å². The number of hydrogen-bond donors (Lipinski definition) is 0. The quantitative estimate of drug-likeness (QED) is 0.782. The smallest absolute Gasteiger partial charge is 0.199 e. The Bertz CT molecular complexity index is 966. The Morgan fingerprint density at radius 2 is 1.44 bits per heavy atom. The lowest BCUT2D eigenvalue weighted by Crippen LogP contribution is -2.49. The number of nitrogens with zero attached hydrogens (tertiary/aromatic N) is 2. The molecule has 5 heteroatoms. The first-order valence-electron chi connectivity index (χ1n) is 10.2. The van der Waals surface area contributed by atoms with E-state index in [1.54, 1.807) is 12.1 Å². The van der Waals surface area contributed by atoms with Crippen LogP contribution in [0.15, 0.2) is 29.2 Å². The second-order valence-electron chi connectivity index (χ2n) is 9.40. The van der Waals surface area contributed by atoms with Crippen LogP contribution in [0.1, 0.15) is 61.0 Å². The van der Waals surface area contributed by atoms with Crippen molar-refractivity contribution in [2.75, 3.05) is 0 Å². The highest BCUT2D eigenvalue weighted by Crippen LogP contribution is 2.61. The molecule has 0 atom stereocenters. The third-order valence-corrected chi connectivity index (χ3v) is 9.05. The van der Waals surface area contributed by atoms with Crippen molar-refractivity contribution in [2.45, 2.75) is 69.6 Å². The molecule has 4 aliphatic rings. The molecule has 0 radical (unpaired) electrons. The molecule has 1 heterocycles. The molecule has 4 fully saturated rings. The maximum absolute atomic E-state index is 13.3. The number of aromatic nitrogens is 2. The van der Waals surface area contributed by atoms with Crippen LogP contribution in [-0.4, -0.2) is 17.6 Å². The summed E-state index contributed by atoms with van der Waals surface area (Å²) in [7, 11) is -3.65. The SMILES string of the molecule is Cc1ccc(S(=O)(=O)n2nc(C)c(C34CC5CC(CC(C5)C3)C4)c2C)cc1. The summed E-state index contributed by atoms with van der Waals surface area (Å²) in [4.78, 5) is 0.316. The van der Waals surface area contributed by atoms with Crippen molar-refractivity contribution in [3.05, 3.63) is 46.8 Å². The molecule has 0 amide bonds. The van der Waals surface area contributed by atoms with Gasteiger partial charge < -0.3 is 0 Å². The van der Waals surface area contributed by atoms with E-state index in [0.29, 0.717) is 4.90 Å². The first kappa shape index (κ1) is 17.5. The summed E-state index contributed by atoms with van der Waals surface area (Å²) in [5.41, 5.74) is 4.18. The van der Waals surface area contributed by atoms with E-state index in [0.717, 1.165) is 34.7 Å². The van der Waals surface area contributed by atoms with Crippen molar-refractivity contribution in [3.8, 4) is 0 Å². The Morgan fingerprint density at radius 1 is 0.926 bits per heavy atom. The molecular formula is C22H28N2O2S. The molecular weight excluding hydrogens is 356 g/mol. The molecule has 6 rings (SSSR count). The molecule has 4 saturated carbocycles. The largest absolute Gasteiger partial charge is 0.283 e. The summed E-state index contributed by atoms with van der Waals surface area (Å²) in [6, 6.07) is 7.06. The van der Waals surface area contributed by atoms with Crippen molar-refractivity contribution >= 4 is 10.0 Å². The minimum atomic E-state index is -3.65. The molecule has 0 aliphatic heterocycles. The van der Waals surface area contributed by atoms with Crippen LogP contribution in [0.3, 0.4) is 0 Å². The van der Waals surface area contributed by atoms with Crippen LogP contribution in [0.2, 0.25) is 0 Å². The fourth-order valence-corrected chi connectivity index (χ4v) is 8.21. The number of hydrogen-bond acceptors (Lipinski definition) is 3. The number of rotatable bonds is 3. The van der Waals surface area contributed by atoms with Crippen molar-refractivity contribution in [3.63, 3.8) is 0 Å². The first-order chi connectivity index (χ1) is 12.8. The Labute approximate surface area is 162 Å². The highest BCUT2D eigenvalue weighted by Gasteiger charge is 2.53. The predicted octanol–water partition coefficient (Wildman–Crippen LogP) is 4.51. The molecule has 144 valence electrons. The molecule has 0 unspecified atom stereocenters. The van der Waals surface area contributed by atoms with Gasteiger partial charge in [-0.3, -0.25) is 0 Å². The van der Waals surface area contributed by atoms with Crippen LogP contribution in [0.25, 0.3) is 0 Å². The lowest BCUT2D eigenvalue weighted by atomic mass is 9.48. The maximum atomic E-state index is 13.3. The lowest BCUT2D eigenvalue weighted by molar-refractivity contribution is -0.00574. The summed E-state index contributed by atoms with van der Waals surface area (Å²) in [6.45, 7) is 5.92. The van der Waals surface area contributed by atoms with E-state index in [2.05, 4.69) is 5.10 Å². The molecule has 4 nitrogen and oxygen atoms in total. The zero-order chi connectivity index (χ0) is 19.0. The Balaban J connectivity index is 1.61. The molecule has 0 spiro atoms. The van der Waals surface area contributed by atoms with E-state index in [9.17, 15) is 8.42 Å². The van der Waals surface area contributed by atoms with Gasteiger partial charge in [0, 0.05) is 5.56 Å². The van der Waals surface area contributed by atoms with Crippen LogP contribution in [0, 0.1) is 38.5 Å². The highest BCUT2D eigenvalue weighted by atomic mass is 32.2.